The molecular formula is C14H20N4O. The van der Waals surface area contributed by atoms with Gasteiger partial charge in [0.05, 0.1) is 6.33 Å². The Morgan fingerprint density at radius 3 is 2.84 bits per heavy atom. The third-order valence-corrected chi connectivity index (χ3v) is 4.00. The van der Waals surface area contributed by atoms with Crippen LogP contribution in [0.15, 0.2) is 30.9 Å². The lowest BCUT2D eigenvalue weighted by Gasteiger charge is -2.33. The van der Waals surface area contributed by atoms with E-state index in [1.165, 1.54) is 0 Å². The molecule has 19 heavy (non-hydrogen) atoms. The van der Waals surface area contributed by atoms with Gasteiger partial charge in [0.1, 0.15) is 6.04 Å². The second-order valence-electron chi connectivity index (χ2n) is 5.34. The number of nitrogens with one attached hydrogen (secondary N) is 1. The minimum Gasteiger partial charge on any atom is -0.341 e. The number of hydrogen-bond donors (Lipinski definition) is 1. The first-order valence-electron chi connectivity index (χ1n) is 6.97. The van der Waals surface area contributed by atoms with E-state index in [1.54, 1.807) is 0 Å². The summed E-state index contributed by atoms with van der Waals surface area (Å²) in [6.45, 7) is 3.59. The van der Waals surface area contributed by atoms with Crippen LogP contribution in [0.1, 0.15) is 12.8 Å². The molecule has 0 aromatic carbocycles. The number of imidazole rings is 1. The third-order valence-electron chi connectivity index (χ3n) is 4.00. The Balaban J connectivity index is 1.49. The van der Waals surface area contributed by atoms with Gasteiger partial charge in [0.2, 0.25) is 5.91 Å². The van der Waals surface area contributed by atoms with Crippen molar-refractivity contribution in [2.24, 2.45) is 5.92 Å². The molecule has 1 aromatic rings. The molecule has 0 radical (unpaired) electrons. The molecule has 1 atom stereocenters. The smallest absolute Gasteiger partial charge is 0.243 e. The summed E-state index contributed by atoms with van der Waals surface area (Å²) < 4.78 is 2.13. The molecule has 1 amide bonds. The maximum Gasteiger partial charge on any atom is 0.243 e. The number of nitrogens with zero attached hydrogens (tertiary/aromatic N) is 3. The first kappa shape index (κ1) is 12.4. The fourth-order valence-corrected chi connectivity index (χ4v) is 2.86. The van der Waals surface area contributed by atoms with Gasteiger partial charge in [-0.1, -0.05) is 12.2 Å². The number of carbonyl (C=O) groups excluding carboxylic acids is 1. The van der Waals surface area contributed by atoms with E-state index < -0.39 is 0 Å². The highest BCUT2D eigenvalue weighted by Gasteiger charge is 2.27. The zero-order valence-corrected chi connectivity index (χ0v) is 11.0. The number of piperidine rings is 1. The largest absolute Gasteiger partial charge is 0.341 e. The van der Waals surface area contributed by atoms with Crippen molar-refractivity contribution in [2.45, 2.75) is 25.4 Å². The molecule has 1 aromatic heterocycles. The molecule has 1 fully saturated rings. The Bertz CT molecular complexity index is 446. The van der Waals surface area contributed by atoms with Gasteiger partial charge in [0.15, 0.2) is 0 Å². The lowest BCUT2D eigenvalue weighted by Crippen LogP contribution is -2.47. The first-order chi connectivity index (χ1) is 9.33. The van der Waals surface area contributed by atoms with Crippen LogP contribution in [-0.2, 0) is 11.3 Å². The summed E-state index contributed by atoms with van der Waals surface area (Å²) in [5, 5.41) is 3.19. The molecule has 1 saturated heterocycles. The van der Waals surface area contributed by atoms with Crippen LogP contribution in [-0.4, -0.2) is 46.0 Å². The molecule has 1 unspecified atom stereocenters. The van der Waals surface area contributed by atoms with Gasteiger partial charge >= 0.3 is 0 Å². The minimum atomic E-state index is -0.0924. The van der Waals surface area contributed by atoms with E-state index in [4.69, 9.17) is 0 Å². The van der Waals surface area contributed by atoms with Crippen molar-refractivity contribution in [3.05, 3.63) is 30.9 Å². The Hall–Kier alpha value is -1.62. The standard InChI is InChI=1S/C14H20N4O/c19-14(13-2-1-5-16-13)18-7-3-12(4-8-18)10-17-9-6-15-11-17/h1-2,6,9,11-13,16H,3-5,7-8,10H2. The van der Waals surface area contributed by atoms with Crippen LogP contribution in [0.3, 0.4) is 0 Å². The number of amides is 1. The van der Waals surface area contributed by atoms with Crippen LogP contribution in [0.25, 0.3) is 0 Å². The molecule has 2 aliphatic rings. The van der Waals surface area contributed by atoms with E-state index in [0.717, 1.165) is 39.0 Å². The number of hydrogen-bond acceptors (Lipinski definition) is 3. The van der Waals surface area contributed by atoms with Gasteiger partial charge in [-0.05, 0) is 18.8 Å². The van der Waals surface area contributed by atoms with Crippen molar-refractivity contribution in [3.63, 3.8) is 0 Å². The fraction of sp³-hybridized carbons (Fsp3) is 0.571. The van der Waals surface area contributed by atoms with Gasteiger partial charge in [-0.2, -0.15) is 0 Å². The summed E-state index contributed by atoms with van der Waals surface area (Å²) >= 11 is 0. The molecule has 102 valence electrons. The summed E-state index contributed by atoms with van der Waals surface area (Å²) in [6, 6.07) is -0.0924. The van der Waals surface area contributed by atoms with Crippen LogP contribution in [0.5, 0.6) is 0 Å². The highest BCUT2D eigenvalue weighted by atomic mass is 16.2. The summed E-state index contributed by atoms with van der Waals surface area (Å²) in [4.78, 5) is 18.3. The monoisotopic (exact) mass is 260 g/mol. The predicted molar refractivity (Wildman–Crippen MR) is 72.5 cm³/mol. The molecule has 0 bridgehead atoms. The molecular weight excluding hydrogens is 240 g/mol. The average Bonchev–Trinajstić information content (AvgIpc) is 3.12. The Morgan fingerprint density at radius 2 is 2.21 bits per heavy atom. The predicted octanol–water partition coefficient (Wildman–Crippen LogP) is 0.650. The summed E-state index contributed by atoms with van der Waals surface area (Å²) in [5.74, 6) is 0.889. The normalized spacial score (nSPS) is 24.0. The third kappa shape index (κ3) is 2.87. The maximum atomic E-state index is 12.2. The van der Waals surface area contributed by atoms with E-state index in [2.05, 4.69) is 14.9 Å². The highest BCUT2D eigenvalue weighted by Crippen LogP contribution is 2.20. The molecule has 0 spiro atoms. The number of rotatable bonds is 3. The van der Waals surface area contributed by atoms with Crippen molar-refractivity contribution >= 4 is 5.91 Å². The zero-order chi connectivity index (χ0) is 13.1. The van der Waals surface area contributed by atoms with Crippen LogP contribution in [0.4, 0.5) is 0 Å². The second kappa shape index (κ2) is 5.57. The summed E-state index contributed by atoms with van der Waals surface area (Å²) in [5.41, 5.74) is 0. The van der Waals surface area contributed by atoms with E-state index in [1.807, 2.05) is 35.8 Å². The van der Waals surface area contributed by atoms with E-state index >= 15 is 0 Å². The molecule has 3 heterocycles. The van der Waals surface area contributed by atoms with Crippen molar-refractivity contribution in [3.8, 4) is 0 Å². The Morgan fingerprint density at radius 1 is 1.37 bits per heavy atom. The quantitative estimate of drug-likeness (QED) is 0.812. The molecule has 5 heteroatoms. The van der Waals surface area contributed by atoms with Crippen LogP contribution in [0.2, 0.25) is 0 Å². The van der Waals surface area contributed by atoms with Crippen molar-refractivity contribution in [1.82, 2.24) is 19.8 Å². The first-order valence-corrected chi connectivity index (χ1v) is 6.97. The number of aromatic nitrogens is 2. The van der Waals surface area contributed by atoms with E-state index in [-0.39, 0.29) is 11.9 Å². The Labute approximate surface area is 113 Å². The van der Waals surface area contributed by atoms with E-state index in [0.29, 0.717) is 5.92 Å². The topological polar surface area (TPSA) is 50.2 Å². The van der Waals surface area contributed by atoms with Gasteiger partial charge in [-0.25, -0.2) is 4.98 Å². The maximum absolute atomic E-state index is 12.2. The van der Waals surface area contributed by atoms with Gasteiger partial charge in [-0.15, -0.1) is 0 Å². The SMILES string of the molecule is O=C(C1C=CCN1)N1CCC(Cn2ccnc2)CC1. The minimum absolute atomic E-state index is 0.0924. The van der Waals surface area contributed by atoms with Gasteiger partial charge in [0, 0.05) is 38.6 Å². The lowest BCUT2D eigenvalue weighted by molar-refractivity contribution is -0.133. The van der Waals surface area contributed by atoms with Crippen LogP contribution < -0.4 is 5.32 Å². The average molecular weight is 260 g/mol. The van der Waals surface area contributed by atoms with Crippen molar-refractivity contribution < 1.29 is 4.79 Å². The molecule has 0 saturated carbocycles. The molecule has 3 rings (SSSR count). The molecule has 2 aliphatic heterocycles. The fourth-order valence-electron chi connectivity index (χ4n) is 2.86. The van der Waals surface area contributed by atoms with Crippen LogP contribution in [0, 0.1) is 5.92 Å². The van der Waals surface area contributed by atoms with Crippen LogP contribution >= 0.6 is 0 Å². The van der Waals surface area contributed by atoms with E-state index in [9.17, 15) is 4.79 Å². The van der Waals surface area contributed by atoms with Gasteiger partial charge < -0.3 is 9.47 Å². The number of likely N-dealkylation sites (tertiary alicyclic amines) is 1. The van der Waals surface area contributed by atoms with Crippen molar-refractivity contribution in [2.75, 3.05) is 19.6 Å². The second-order valence-corrected chi connectivity index (χ2v) is 5.34. The Kier molecular flexibility index (Phi) is 3.64. The van der Waals surface area contributed by atoms with Gasteiger partial charge in [0.25, 0.3) is 0 Å². The summed E-state index contributed by atoms with van der Waals surface area (Å²) in [7, 11) is 0. The molecule has 5 nitrogen and oxygen atoms in total. The number of carbonyl (C=O) groups is 1. The van der Waals surface area contributed by atoms with Crippen molar-refractivity contribution in [1.29, 1.82) is 0 Å². The summed E-state index contributed by atoms with van der Waals surface area (Å²) in [6.07, 6.45) is 11.8. The highest BCUT2D eigenvalue weighted by molar-refractivity contribution is 5.84. The molecule has 1 N–H and O–H groups in total. The van der Waals surface area contributed by atoms with Gasteiger partial charge in [-0.3, -0.25) is 10.1 Å². The lowest BCUT2D eigenvalue weighted by atomic mass is 9.96. The molecule has 0 aliphatic carbocycles. The zero-order valence-electron chi connectivity index (χ0n) is 11.0.